The summed E-state index contributed by atoms with van der Waals surface area (Å²) >= 11 is 0. The summed E-state index contributed by atoms with van der Waals surface area (Å²) in [5.41, 5.74) is 0. The number of rotatable bonds is 48. The lowest BCUT2D eigenvalue weighted by atomic mass is 9.98. The molecule has 0 aromatic carbocycles. The SMILES string of the molecule is CCCCCCCCCC/C=C/CCCC(O)C(O)C(COC1OC(CO)C(O)C(O)C1O)NC(=O)C(O)CCCCCCCCCCCCCC/C=C\C/C=C\CCCCCCCCCCC. The summed E-state index contributed by atoms with van der Waals surface area (Å²) < 4.78 is 11.1. The Morgan fingerprint density at radius 2 is 0.912 bits per heavy atom. The predicted octanol–water partition coefficient (Wildman–Crippen LogP) is 11.5. The van der Waals surface area contributed by atoms with Gasteiger partial charge in [-0.1, -0.05) is 217 Å². The molecule has 1 heterocycles. The molecule has 11 heteroatoms. The van der Waals surface area contributed by atoms with E-state index in [-0.39, 0.29) is 12.8 Å². The summed E-state index contributed by atoms with van der Waals surface area (Å²) in [7, 11) is 0. The van der Waals surface area contributed by atoms with Crippen molar-refractivity contribution in [1.29, 1.82) is 0 Å². The zero-order chi connectivity index (χ0) is 49.7. The Morgan fingerprint density at radius 1 is 0.515 bits per heavy atom. The van der Waals surface area contributed by atoms with Crippen LogP contribution in [0.1, 0.15) is 251 Å². The average Bonchev–Trinajstić information content (AvgIpc) is 3.34. The molecule has 8 N–H and O–H groups in total. The quantitative estimate of drug-likeness (QED) is 0.0215. The molecule has 11 nitrogen and oxygen atoms in total. The van der Waals surface area contributed by atoms with Crippen molar-refractivity contribution >= 4 is 5.91 Å². The van der Waals surface area contributed by atoms with Crippen LogP contribution in [-0.2, 0) is 14.3 Å². The maximum Gasteiger partial charge on any atom is 0.249 e. The van der Waals surface area contributed by atoms with Gasteiger partial charge in [0.1, 0.15) is 36.6 Å². The largest absolute Gasteiger partial charge is 0.394 e. The highest BCUT2D eigenvalue weighted by molar-refractivity contribution is 5.80. The molecule has 9 unspecified atom stereocenters. The molecule has 1 aliphatic rings. The van der Waals surface area contributed by atoms with Crippen LogP contribution >= 0.6 is 0 Å². The van der Waals surface area contributed by atoms with Crippen molar-refractivity contribution in [2.45, 2.75) is 306 Å². The molecule has 1 fully saturated rings. The van der Waals surface area contributed by atoms with Crippen LogP contribution < -0.4 is 5.32 Å². The maximum absolute atomic E-state index is 13.1. The first-order chi connectivity index (χ1) is 33.2. The molecule has 1 aliphatic heterocycles. The molecule has 0 radical (unpaired) electrons. The summed E-state index contributed by atoms with van der Waals surface area (Å²) in [5.74, 6) is -0.707. The summed E-state index contributed by atoms with van der Waals surface area (Å²) in [4.78, 5) is 13.1. The van der Waals surface area contributed by atoms with Gasteiger partial charge >= 0.3 is 0 Å². The molecule has 0 aromatic rings. The highest BCUT2D eigenvalue weighted by atomic mass is 16.7. The van der Waals surface area contributed by atoms with E-state index >= 15 is 0 Å². The molecular weight excluding hydrogens is 859 g/mol. The standard InChI is InChI=1S/C57H107NO10/c1-3-5-7-9-11-13-15-17-18-19-20-21-22-23-24-25-26-27-28-29-30-31-33-35-37-39-41-43-45-50(61)56(66)58-48(47-67-57-55(65)54(64)53(63)51(46-59)68-57)52(62)49(60)44-42-40-38-36-34-32-16-14-12-10-8-6-4-2/h20-21,23-24,36,38,48-55,57,59-65H,3-19,22,25-35,37,39-47H2,1-2H3,(H,58,66)/b21-20-,24-23-,38-36+. The number of aliphatic hydroxyl groups is 7. The minimum atomic E-state index is -1.67. The summed E-state index contributed by atoms with van der Waals surface area (Å²) in [6.07, 6.45) is 45.0. The monoisotopic (exact) mass is 966 g/mol. The van der Waals surface area contributed by atoms with Gasteiger partial charge in [-0.3, -0.25) is 4.79 Å². The van der Waals surface area contributed by atoms with E-state index < -0.39 is 74.2 Å². The molecule has 0 aliphatic carbocycles. The van der Waals surface area contributed by atoms with Gasteiger partial charge in [0.2, 0.25) is 5.91 Å². The molecule has 400 valence electrons. The third-order valence-electron chi connectivity index (χ3n) is 13.7. The van der Waals surface area contributed by atoms with E-state index in [1.54, 1.807) is 0 Å². The minimum absolute atomic E-state index is 0.252. The number of aliphatic hydroxyl groups excluding tert-OH is 7. The van der Waals surface area contributed by atoms with Gasteiger partial charge in [0.15, 0.2) is 6.29 Å². The number of nitrogens with one attached hydrogen (secondary N) is 1. The Hall–Kier alpha value is -1.67. The van der Waals surface area contributed by atoms with Crippen molar-refractivity contribution in [3.63, 3.8) is 0 Å². The zero-order valence-electron chi connectivity index (χ0n) is 43.6. The molecule has 0 spiro atoms. The van der Waals surface area contributed by atoms with Gasteiger partial charge in [-0.25, -0.2) is 0 Å². The third-order valence-corrected chi connectivity index (χ3v) is 13.7. The first-order valence-corrected chi connectivity index (χ1v) is 28.4. The number of hydrogen-bond acceptors (Lipinski definition) is 10. The smallest absolute Gasteiger partial charge is 0.249 e. The molecule has 68 heavy (non-hydrogen) atoms. The first-order valence-electron chi connectivity index (χ1n) is 28.4. The van der Waals surface area contributed by atoms with Crippen molar-refractivity contribution in [2.24, 2.45) is 0 Å². The Labute approximate surface area is 416 Å². The molecule has 1 saturated heterocycles. The van der Waals surface area contributed by atoms with Gasteiger partial charge in [-0.15, -0.1) is 0 Å². The van der Waals surface area contributed by atoms with E-state index in [0.29, 0.717) is 12.8 Å². The Kier molecular flexibility index (Phi) is 43.9. The second kappa shape index (κ2) is 46.4. The van der Waals surface area contributed by atoms with Crippen LogP contribution in [0.25, 0.3) is 0 Å². The lowest BCUT2D eigenvalue weighted by molar-refractivity contribution is -0.303. The summed E-state index contributed by atoms with van der Waals surface area (Å²) in [6.45, 7) is 3.44. The van der Waals surface area contributed by atoms with Crippen LogP contribution in [0, 0.1) is 0 Å². The van der Waals surface area contributed by atoms with Gasteiger partial charge in [0.05, 0.1) is 25.4 Å². The number of amides is 1. The topological polar surface area (TPSA) is 189 Å². The van der Waals surface area contributed by atoms with E-state index in [2.05, 4.69) is 55.6 Å². The highest BCUT2D eigenvalue weighted by Gasteiger charge is 2.44. The number of carbonyl (C=O) groups is 1. The highest BCUT2D eigenvalue weighted by Crippen LogP contribution is 2.23. The van der Waals surface area contributed by atoms with E-state index in [0.717, 1.165) is 44.9 Å². The average molecular weight is 966 g/mol. The van der Waals surface area contributed by atoms with E-state index in [1.807, 2.05) is 0 Å². The number of ether oxygens (including phenoxy) is 2. The molecule has 1 rings (SSSR count). The number of carbonyl (C=O) groups excluding carboxylic acids is 1. The van der Waals surface area contributed by atoms with Crippen molar-refractivity contribution in [2.75, 3.05) is 13.2 Å². The number of unbranched alkanes of at least 4 members (excludes halogenated alkanes) is 30. The molecule has 0 bridgehead atoms. The van der Waals surface area contributed by atoms with Gasteiger partial charge in [0.25, 0.3) is 0 Å². The fourth-order valence-electron chi connectivity index (χ4n) is 9.00. The van der Waals surface area contributed by atoms with E-state index in [1.165, 1.54) is 167 Å². The third kappa shape index (κ3) is 34.6. The predicted molar refractivity (Wildman–Crippen MR) is 279 cm³/mol. The van der Waals surface area contributed by atoms with Crippen molar-refractivity contribution in [3.05, 3.63) is 36.5 Å². The summed E-state index contributed by atoms with van der Waals surface area (Å²) in [6, 6.07) is -1.18. The van der Waals surface area contributed by atoms with Crippen LogP contribution in [0.4, 0.5) is 0 Å². The van der Waals surface area contributed by atoms with Crippen molar-refractivity contribution in [1.82, 2.24) is 5.32 Å². The lowest BCUT2D eigenvalue weighted by Crippen LogP contribution is -2.60. The van der Waals surface area contributed by atoms with Crippen LogP contribution in [0.15, 0.2) is 36.5 Å². The molecule has 0 saturated carbocycles. The van der Waals surface area contributed by atoms with E-state index in [4.69, 9.17) is 9.47 Å². The van der Waals surface area contributed by atoms with Crippen LogP contribution in [-0.4, -0.2) is 110 Å². The molecule has 0 aromatic heterocycles. The maximum atomic E-state index is 13.1. The zero-order valence-corrected chi connectivity index (χ0v) is 43.6. The molecule has 9 atom stereocenters. The fourth-order valence-corrected chi connectivity index (χ4v) is 9.00. The van der Waals surface area contributed by atoms with Crippen LogP contribution in [0.5, 0.6) is 0 Å². The Balaban J connectivity index is 2.27. The molecule has 1 amide bonds. The Bertz CT molecular complexity index is 1200. The lowest BCUT2D eigenvalue weighted by Gasteiger charge is -2.40. The van der Waals surface area contributed by atoms with Gasteiger partial charge in [-0.05, 0) is 70.6 Å². The number of allylic oxidation sites excluding steroid dienone is 6. The van der Waals surface area contributed by atoms with Crippen molar-refractivity contribution < 1.29 is 50.0 Å². The first kappa shape index (κ1) is 64.3. The van der Waals surface area contributed by atoms with Gasteiger partial charge in [-0.2, -0.15) is 0 Å². The van der Waals surface area contributed by atoms with Crippen LogP contribution in [0.2, 0.25) is 0 Å². The fraction of sp³-hybridized carbons (Fsp3) is 0.877. The number of hydrogen-bond donors (Lipinski definition) is 8. The Morgan fingerprint density at radius 3 is 1.35 bits per heavy atom. The summed E-state index contributed by atoms with van der Waals surface area (Å²) in [5, 5.41) is 75.9. The second-order valence-electron chi connectivity index (χ2n) is 20.0. The van der Waals surface area contributed by atoms with Gasteiger partial charge < -0.3 is 50.5 Å². The second-order valence-corrected chi connectivity index (χ2v) is 20.0. The van der Waals surface area contributed by atoms with Gasteiger partial charge in [0, 0.05) is 0 Å². The van der Waals surface area contributed by atoms with Crippen LogP contribution in [0.3, 0.4) is 0 Å². The molecular formula is C57H107NO10. The van der Waals surface area contributed by atoms with Crippen molar-refractivity contribution in [3.8, 4) is 0 Å². The minimum Gasteiger partial charge on any atom is -0.394 e. The van der Waals surface area contributed by atoms with E-state index in [9.17, 15) is 40.5 Å². The normalized spacial score (nSPS) is 20.8.